The summed E-state index contributed by atoms with van der Waals surface area (Å²) in [6.07, 6.45) is 8.83. The lowest BCUT2D eigenvalue weighted by molar-refractivity contribution is 0.0950. The average Bonchev–Trinajstić information content (AvgIpc) is 2.79. The third kappa shape index (κ3) is 6.87. The highest BCUT2D eigenvalue weighted by Gasteiger charge is 2.21. The molecule has 32 heavy (non-hydrogen) atoms. The van der Waals surface area contributed by atoms with Crippen molar-refractivity contribution in [1.82, 2.24) is 20.5 Å². The molecule has 2 amide bonds. The predicted molar refractivity (Wildman–Crippen MR) is 128 cm³/mol. The lowest BCUT2D eigenvalue weighted by Crippen LogP contribution is -2.34. The molecule has 1 aliphatic heterocycles. The summed E-state index contributed by atoms with van der Waals surface area (Å²) in [5.41, 5.74) is 3.01. The summed E-state index contributed by atoms with van der Waals surface area (Å²) in [6.45, 7) is 3.56. The van der Waals surface area contributed by atoms with Gasteiger partial charge >= 0.3 is 0 Å². The summed E-state index contributed by atoms with van der Waals surface area (Å²) in [7, 11) is 3.96. The first-order valence-corrected chi connectivity index (χ1v) is 11.5. The van der Waals surface area contributed by atoms with Crippen LogP contribution in [-0.2, 0) is 6.54 Å². The molecule has 0 saturated carbocycles. The Morgan fingerprint density at radius 2 is 1.91 bits per heavy atom. The number of hydrogen-bond acceptors (Lipinski definition) is 5. The zero-order valence-electron chi connectivity index (χ0n) is 19.3. The van der Waals surface area contributed by atoms with E-state index < -0.39 is 0 Å². The van der Waals surface area contributed by atoms with Gasteiger partial charge in [-0.1, -0.05) is 19.3 Å². The molecule has 0 atom stereocenters. The van der Waals surface area contributed by atoms with E-state index in [4.69, 9.17) is 0 Å². The number of carbonyl (C=O) groups is 2. The molecular weight excluding hydrogens is 402 g/mol. The molecular formula is C25H35N5O2. The van der Waals surface area contributed by atoms with Crippen molar-refractivity contribution in [3.63, 3.8) is 0 Å². The number of rotatable bonds is 5. The van der Waals surface area contributed by atoms with E-state index in [1.807, 2.05) is 42.1 Å². The number of pyridine rings is 1. The van der Waals surface area contributed by atoms with Crippen molar-refractivity contribution < 1.29 is 9.59 Å². The number of amides is 2. The first kappa shape index (κ1) is 23.9. The third-order valence-corrected chi connectivity index (χ3v) is 5.68. The van der Waals surface area contributed by atoms with Gasteiger partial charge in [-0.05, 0) is 69.4 Å². The fourth-order valence-electron chi connectivity index (χ4n) is 3.88. The highest BCUT2D eigenvalue weighted by Crippen LogP contribution is 2.25. The van der Waals surface area contributed by atoms with E-state index in [1.165, 1.54) is 12.8 Å². The third-order valence-electron chi connectivity index (χ3n) is 5.68. The second-order valence-electron chi connectivity index (χ2n) is 8.55. The van der Waals surface area contributed by atoms with Gasteiger partial charge < -0.3 is 20.4 Å². The molecule has 0 spiro atoms. The SMILES string of the molecule is CN(C)CCNC(=O)c1ccc2c(c1)CNCCCCCCCN2C(=O)c1cccnc1. The first-order chi connectivity index (χ1) is 15.6. The Hall–Kier alpha value is -2.77. The maximum absolute atomic E-state index is 13.4. The van der Waals surface area contributed by atoms with Crippen molar-refractivity contribution in [2.75, 3.05) is 45.2 Å². The Bertz CT molecular complexity index is 885. The average molecular weight is 438 g/mol. The molecule has 172 valence electrons. The van der Waals surface area contributed by atoms with E-state index in [2.05, 4.69) is 15.6 Å². The van der Waals surface area contributed by atoms with Gasteiger partial charge in [0.1, 0.15) is 0 Å². The maximum Gasteiger partial charge on any atom is 0.259 e. The van der Waals surface area contributed by atoms with E-state index in [1.54, 1.807) is 24.5 Å². The Labute approximate surface area is 191 Å². The Morgan fingerprint density at radius 3 is 2.69 bits per heavy atom. The van der Waals surface area contributed by atoms with Crippen molar-refractivity contribution in [3.8, 4) is 0 Å². The van der Waals surface area contributed by atoms with Crippen LogP contribution >= 0.6 is 0 Å². The number of fused-ring (bicyclic) bond motifs is 1. The Kier molecular flexibility index (Phi) is 9.19. The van der Waals surface area contributed by atoms with Gasteiger partial charge in [0.05, 0.1) is 5.56 Å². The summed E-state index contributed by atoms with van der Waals surface area (Å²) in [5.74, 6) is -0.148. The lowest BCUT2D eigenvalue weighted by atomic mass is 10.0. The molecule has 2 heterocycles. The van der Waals surface area contributed by atoms with Gasteiger partial charge in [-0.3, -0.25) is 14.6 Å². The molecule has 1 aromatic carbocycles. The summed E-state index contributed by atoms with van der Waals surface area (Å²) < 4.78 is 0. The van der Waals surface area contributed by atoms with Crippen LogP contribution < -0.4 is 15.5 Å². The summed E-state index contributed by atoms with van der Waals surface area (Å²) in [6, 6.07) is 9.24. The topological polar surface area (TPSA) is 77.6 Å². The summed E-state index contributed by atoms with van der Waals surface area (Å²) in [4.78, 5) is 34.1. The van der Waals surface area contributed by atoms with Crippen LogP contribution in [0.25, 0.3) is 0 Å². The first-order valence-electron chi connectivity index (χ1n) is 11.5. The van der Waals surface area contributed by atoms with E-state index in [0.717, 1.165) is 43.6 Å². The van der Waals surface area contributed by atoms with Crippen LogP contribution in [0.15, 0.2) is 42.7 Å². The van der Waals surface area contributed by atoms with Crippen LogP contribution in [0.3, 0.4) is 0 Å². The Morgan fingerprint density at radius 1 is 1.09 bits per heavy atom. The van der Waals surface area contributed by atoms with Crippen molar-refractivity contribution >= 4 is 17.5 Å². The highest BCUT2D eigenvalue weighted by atomic mass is 16.2. The maximum atomic E-state index is 13.4. The number of hydrogen-bond donors (Lipinski definition) is 2. The molecule has 3 rings (SSSR count). The zero-order valence-corrected chi connectivity index (χ0v) is 19.3. The van der Waals surface area contributed by atoms with Crippen LogP contribution in [0, 0.1) is 0 Å². The minimum absolute atomic E-state index is 0.0559. The number of aromatic nitrogens is 1. The number of nitrogens with zero attached hydrogens (tertiary/aromatic N) is 3. The van der Waals surface area contributed by atoms with E-state index in [9.17, 15) is 9.59 Å². The van der Waals surface area contributed by atoms with Crippen LogP contribution in [-0.4, -0.2) is 62.0 Å². The molecule has 0 aliphatic carbocycles. The van der Waals surface area contributed by atoms with Crippen molar-refractivity contribution in [2.24, 2.45) is 0 Å². The molecule has 7 nitrogen and oxygen atoms in total. The monoisotopic (exact) mass is 437 g/mol. The highest BCUT2D eigenvalue weighted by molar-refractivity contribution is 6.06. The lowest BCUT2D eigenvalue weighted by Gasteiger charge is -2.26. The minimum Gasteiger partial charge on any atom is -0.351 e. The zero-order chi connectivity index (χ0) is 22.8. The van der Waals surface area contributed by atoms with Gasteiger partial charge in [-0.2, -0.15) is 0 Å². The summed E-state index contributed by atoms with van der Waals surface area (Å²) >= 11 is 0. The minimum atomic E-state index is -0.0918. The number of anilines is 1. The largest absolute Gasteiger partial charge is 0.351 e. The molecule has 2 N–H and O–H groups in total. The van der Waals surface area contributed by atoms with Crippen LogP contribution in [0.2, 0.25) is 0 Å². The van der Waals surface area contributed by atoms with Crippen LogP contribution in [0.4, 0.5) is 5.69 Å². The number of likely N-dealkylation sites (N-methyl/N-ethyl adjacent to an activating group) is 1. The van der Waals surface area contributed by atoms with Crippen molar-refractivity contribution in [1.29, 1.82) is 0 Å². The Balaban J connectivity index is 1.89. The van der Waals surface area contributed by atoms with E-state index >= 15 is 0 Å². The van der Waals surface area contributed by atoms with Gasteiger partial charge in [0.2, 0.25) is 0 Å². The fourth-order valence-corrected chi connectivity index (χ4v) is 3.88. The number of carbonyl (C=O) groups excluding carboxylic acids is 2. The second-order valence-corrected chi connectivity index (χ2v) is 8.55. The fraction of sp³-hybridized carbons (Fsp3) is 0.480. The van der Waals surface area contributed by atoms with Gasteiger partial charge in [0, 0.05) is 49.8 Å². The molecule has 0 fully saturated rings. The van der Waals surface area contributed by atoms with Gasteiger partial charge in [0.15, 0.2) is 0 Å². The predicted octanol–water partition coefficient (Wildman–Crippen LogP) is 3.07. The molecule has 1 aliphatic rings. The second kappa shape index (κ2) is 12.3. The number of nitrogens with one attached hydrogen (secondary N) is 2. The van der Waals surface area contributed by atoms with Crippen molar-refractivity contribution in [3.05, 3.63) is 59.4 Å². The molecule has 0 radical (unpaired) electrons. The van der Waals surface area contributed by atoms with Gasteiger partial charge in [0.25, 0.3) is 11.8 Å². The van der Waals surface area contributed by atoms with E-state index in [0.29, 0.717) is 30.8 Å². The normalized spacial score (nSPS) is 15.4. The molecule has 7 heteroatoms. The molecule has 0 unspecified atom stereocenters. The van der Waals surface area contributed by atoms with Crippen LogP contribution in [0.1, 0.15) is 58.4 Å². The molecule has 0 bridgehead atoms. The number of benzene rings is 1. The van der Waals surface area contributed by atoms with Crippen molar-refractivity contribution in [2.45, 2.75) is 38.6 Å². The standard InChI is InChI=1S/C25H35N5O2/c1-29(2)16-14-28-24(31)20-10-11-23-22(17-20)19-26-12-6-4-3-5-7-15-30(23)25(32)21-9-8-13-27-18-21/h8-11,13,17-18,26H,3-7,12,14-16,19H2,1-2H3,(H,28,31). The van der Waals surface area contributed by atoms with Gasteiger partial charge in [-0.25, -0.2) is 0 Å². The molecule has 1 aromatic heterocycles. The van der Waals surface area contributed by atoms with Crippen LogP contribution in [0.5, 0.6) is 0 Å². The quantitative estimate of drug-likeness (QED) is 0.752. The smallest absolute Gasteiger partial charge is 0.259 e. The van der Waals surface area contributed by atoms with Gasteiger partial charge in [-0.15, -0.1) is 0 Å². The molecule has 0 saturated heterocycles. The summed E-state index contributed by atoms with van der Waals surface area (Å²) in [5, 5.41) is 6.47. The molecule has 2 aromatic rings. The van der Waals surface area contributed by atoms with E-state index in [-0.39, 0.29) is 11.8 Å².